The SMILES string of the molecule is Cc1cc(F)cc(C(=O)c2cccc(F)c2Br)c1. The third-order valence-electron chi connectivity index (χ3n) is 2.50. The summed E-state index contributed by atoms with van der Waals surface area (Å²) in [5.41, 5.74) is 1.03. The first-order valence-electron chi connectivity index (χ1n) is 5.25. The lowest BCUT2D eigenvalue weighted by atomic mass is 10.0. The molecule has 0 bridgehead atoms. The van der Waals surface area contributed by atoms with E-state index in [2.05, 4.69) is 15.9 Å². The summed E-state index contributed by atoms with van der Waals surface area (Å²) >= 11 is 3.03. The topological polar surface area (TPSA) is 17.1 Å². The molecular weight excluding hydrogens is 302 g/mol. The van der Waals surface area contributed by atoms with Gasteiger partial charge in [-0.05, 0) is 58.7 Å². The molecule has 92 valence electrons. The molecule has 0 aliphatic heterocycles. The van der Waals surface area contributed by atoms with Crippen LogP contribution in [0.15, 0.2) is 40.9 Å². The lowest BCUT2D eigenvalue weighted by molar-refractivity contribution is 0.103. The zero-order valence-corrected chi connectivity index (χ0v) is 11.1. The van der Waals surface area contributed by atoms with Gasteiger partial charge in [-0.3, -0.25) is 4.79 Å². The molecule has 0 spiro atoms. The van der Waals surface area contributed by atoms with Gasteiger partial charge in [0.05, 0.1) is 4.47 Å². The molecule has 0 fully saturated rings. The minimum atomic E-state index is -0.519. The van der Waals surface area contributed by atoms with E-state index >= 15 is 0 Å². The monoisotopic (exact) mass is 310 g/mol. The van der Waals surface area contributed by atoms with Crippen LogP contribution in [0.5, 0.6) is 0 Å². The number of rotatable bonds is 2. The summed E-state index contributed by atoms with van der Waals surface area (Å²) in [6.07, 6.45) is 0. The van der Waals surface area contributed by atoms with Crippen molar-refractivity contribution in [3.05, 3.63) is 69.2 Å². The van der Waals surface area contributed by atoms with E-state index in [9.17, 15) is 13.6 Å². The summed E-state index contributed by atoms with van der Waals surface area (Å²) in [5.74, 6) is -1.41. The van der Waals surface area contributed by atoms with Crippen LogP contribution in [-0.2, 0) is 0 Å². The van der Waals surface area contributed by atoms with Crippen molar-refractivity contribution < 1.29 is 13.6 Å². The molecule has 0 unspecified atom stereocenters. The van der Waals surface area contributed by atoms with E-state index < -0.39 is 17.4 Å². The van der Waals surface area contributed by atoms with Gasteiger partial charge in [0.15, 0.2) is 5.78 Å². The van der Waals surface area contributed by atoms with E-state index in [4.69, 9.17) is 0 Å². The fourth-order valence-corrected chi connectivity index (χ4v) is 2.15. The Morgan fingerprint density at radius 1 is 1.17 bits per heavy atom. The number of hydrogen-bond donors (Lipinski definition) is 0. The van der Waals surface area contributed by atoms with Gasteiger partial charge in [0, 0.05) is 11.1 Å². The minimum absolute atomic E-state index is 0.0944. The molecule has 0 aliphatic carbocycles. The first-order valence-corrected chi connectivity index (χ1v) is 6.04. The van der Waals surface area contributed by atoms with Gasteiger partial charge in [0.25, 0.3) is 0 Å². The Kier molecular flexibility index (Phi) is 3.57. The molecule has 0 saturated heterocycles. The maximum Gasteiger partial charge on any atom is 0.194 e. The first-order chi connectivity index (χ1) is 8.49. The molecule has 0 aliphatic rings. The van der Waals surface area contributed by atoms with Crippen LogP contribution in [-0.4, -0.2) is 5.78 Å². The van der Waals surface area contributed by atoms with Crippen LogP contribution in [0.25, 0.3) is 0 Å². The summed E-state index contributed by atoms with van der Waals surface area (Å²) in [6.45, 7) is 1.69. The predicted molar refractivity (Wildman–Crippen MR) is 68.7 cm³/mol. The third kappa shape index (κ3) is 2.48. The number of benzene rings is 2. The average molecular weight is 311 g/mol. The number of hydrogen-bond acceptors (Lipinski definition) is 1. The molecule has 4 heteroatoms. The summed E-state index contributed by atoms with van der Waals surface area (Å²) in [6, 6.07) is 8.24. The number of ketones is 1. The molecule has 2 rings (SSSR count). The molecule has 0 heterocycles. The van der Waals surface area contributed by atoms with Crippen LogP contribution in [0, 0.1) is 18.6 Å². The summed E-state index contributed by atoms with van der Waals surface area (Å²) in [5, 5.41) is 0. The van der Waals surface area contributed by atoms with Gasteiger partial charge >= 0.3 is 0 Å². The molecule has 0 atom stereocenters. The molecule has 2 aromatic carbocycles. The predicted octanol–water partition coefficient (Wildman–Crippen LogP) is 4.27. The Labute approximate surface area is 112 Å². The molecular formula is C14H9BrF2O. The smallest absolute Gasteiger partial charge is 0.194 e. The molecule has 0 amide bonds. The van der Waals surface area contributed by atoms with Gasteiger partial charge < -0.3 is 0 Å². The van der Waals surface area contributed by atoms with E-state index in [1.54, 1.807) is 13.0 Å². The number of carbonyl (C=O) groups excluding carboxylic acids is 1. The van der Waals surface area contributed by atoms with Crippen molar-refractivity contribution in [2.24, 2.45) is 0 Å². The van der Waals surface area contributed by atoms with Gasteiger partial charge in [0.1, 0.15) is 11.6 Å². The van der Waals surface area contributed by atoms with Crippen molar-refractivity contribution in [2.75, 3.05) is 0 Å². The largest absolute Gasteiger partial charge is 0.289 e. The second-order valence-electron chi connectivity index (χ2n) is 3.95. The molecule has 1 nitrogen and oxygen atoms in total. The van der Waals surface area contributed by atoms with Crippen molar-refractivity contribution in [1.82, 2.24) is 0 Å². The highest BCUT2D eigenvalue weighted by Gasteiger charge is 2.15. The minimum Gasteiger partial charge on any atom is -0.289 e. The lowest BCUT2D eigenvalue weighted by Gasteiger charge is -2.06. The average Bonchev–Trinajstić information content (AvgIpc) is 2.30. The molecule has 18 heavy (non-hydrogen) atoms. The normalized spacial score (nSPS) is 10.4. The van der Waals surface area contributed by atoms with Crippen LogP contribution in [0.2, 0.25) is 0 Å². The van der Waals surface area contributed by atoms with Gasteiger partial charge in [-0.15, -0.1) is 0 Å². The summed E-state index contributed by atoms with van der Waals surface area (Å²) in [7, 11) is 0. The maximum atomic E-state index is 13.3. The number of aryl methyl sites for hydroxylation is 1. The second-order valence-corrected chi connectivity index (χ2v) is 4.74. The highest BCUT2D eigenvalue weighted by molar-refractivity contribution is 9.10. The molecule has 2 aromatic rings. The van der Waals surface area contributed by atoms with Gasteiger partial charge in [-0.2, -0.15) is 0 Å². The highest BCUT2D eigenvalue weighted by Crippen LogP contribution is 2.23. The quantitative estimate of drug-likeness (QED) is 0.757. The zero-order chi connectivity index (χ0) is 13.3. The fraction of sp³-hybridized carbons (Fsp3) is 0.0714. The van der Waals surface area contributed by atoms with E-state index in [0.29, 0.717) is 5.56 Å². The molecule has 0 saturated carbocycles. The Morgan fingerprint density at radius 3 is 2.56 bits per heavy atom. The Hall–Kier alpha value is -1.55. The van der Waals surface area contributed by atoms with Crippen molar-refractivity contribution in [1.29, 1.82) is 0 Å². The second kappa shape index (κ2) is 4.98. The Bertz CT molecular complexity index is 603. The third-order valence-corrected chi connectivity index (χ3v) is 3.31. The van der Waals surface area contributed by atoms with Gasteiger partial charge in [-0.25, -0.2) is 8.78 Å². The maximum absolute atomic E-state index is 13.3. The van der Waals surface area contributed by atoms with Crippen LogP contribution in [0.3, 0.4) is 0 Å². The molecule has 0 aromatic heterocycles. The standard InChI is InChI=1S/C14H9BrF2O/c1-8-5-9(7-10(16)6-8)14(18)11-3-2-4-12(17)13(11)15/h2-7H,1H3. The van der Waals surface area contributed by atoms with E-state index in [1.807, 2.05) is 0 Å². The first kappa shape index (κ1) is 12.9. The zero-order valence-electron chi connectivity index (χ0n) is 9.51. The highest BCUT2D eigenvalue weighted by atomic mass is 79.9. The van der Waals surface area contributed by atoms with Crippen LogP contribution in [0.1, 0.15) is 21.5 Å². The van der Waals surface area contributed by atoms with Crippen molar-refractivity contribution >= 4 is 21.7 Å². The van der Waals surface area contributed by atoms with Crippen LogP contribution >= 0.6 is 15.9 Å². The Balaban J connectivity index is 2.51. The van der Waals surface area contributed by atoms with Gasteiger partial charge in [0.2, 0.25) is 0 Å². The van der Waals surface area contributed by atoms with Crippen molar-refractivity contribution in [2.45, 2.75) is 6.92 Å². The summed E-state index contributed by atoms with van der Waals surface area (Å²) < 4.78 is 26.7. The van der Waals surface area contributed by atoms with E-state index in [0.717, 1.165) is 6.07 Å². The summed E-state index contributed by atoms with van der Waals surface area (Å²) in [4.78, 5) is 12.2. The lowest BCUT2D eigenvalue weighted by Crippen LogP contribution is -2.04. The number of halogens is 3. The van der Waals surface area contributed by atoms with Crippen molar-refractivity contribution in [3.63, 3.8) is 0 Å². The van der Waals surface area contributed by atoms with Crippen LogP contribution in [0.4, 0.5) is 8.78 Å². The Morgan fingerprint density at radius 2 is 1.89 bits per heavy atom. The van der Waals surface area contributed by atoms with E-state index in [1.165, 1.54) is 24.3 Å². The molecule has 0 N–H and O–H groups in total. The van der Waals surface area contributed by atoms with Crippen LogP contribution < -0.4 is 0 Å². The van der Waals surface area contributed by atoms with Crippen molar-refractivity contribution in [3.8, 4) is 0 Å². The van der Waals surface area contributed by atoms with E-state index in [-0.39, 0.29) is 15.6 Å². The fourth-order valence-electron chi connectivity index (χ4n) is 1.70. The molecule has 0 radical (unpaired) electrons. The number of carbonyl (C=O) groups is 1. The van der Waals surface area contributed by atoms with Gasteiger partial charge in [-0.1, -0.05) is 6.07 Å².